The summed E-state index contributed by atoms with van der Waals surface area (Å²) in [5, 5.41) is 2.07. The van der Waals surface area contributed by atoms with Gasteiger partial charge in [-0.05, 0) is 66.2 Å². The van der Waals surface area contributed by atoms with Crippen LogP contribution in [0.4, 0.5) is 0 Å². The van der Waals surface area contributed by atoms with Crippen molar-refractivity contribution in [3.8, 4) is 11.5 Å². The van der Waals surface area contributed by atoms with E-state index in [4.69, 9.17) is 9.47 Å². The third-order valence-electron chi connectivity index (χ3n) is 6.21. The molecule has 0 saturated heterocycles. The largest absolute Gasteiger partial charge is 0.497 e. The van der Waals surface area contributed by atoms with Crippen LogP contribution < -0.4 is 9.47 Å². The molecule has 1 aliphatic heterocycles. The first-order chi connectivity index (χ1) is 17.0. The first kappa shape index (κ1) is 24.5. The zero-order valence-corrected chi connectivity index (χ0v) is 20.9. The van der Waals surface area contributed by atoms with Gasteiger partial charge in [-0.3, -0.25) is 9.59 Å². The van der Waals surface area contributed by atoms with Gasteiger partial charge in [0.2, 0.25) is 5.91 Å². The number of hydrogen-bond donors (Lipinski definition) is 0. The molecule has 1 aromatic heterocycles. The van der Waals surface area contributed by atoms with Gasteiger partial charge in [0, 0.05) is 23.5 Å². The zero-order chi connectivity index (χ0) is 24.8. The van der Waals surface area contributed by atoms with Crippen molar-refractivity contribution >= 4 is 23.2 Å². The molecule has 0 saturated carbocycles. The monoisotopic (exact) mass is 490 g/mol. The number of para-hydroxylation sites is 1. The summed E-state index contributed by atoms with van der Waals surface area (Å²) in [6.07, 6.45) is 2.44. The highest BCUT2D eigenvalue weighted by Gasteiger charge is 2.33. The van der Waals surface area contributed by atoms with Crippen LogP contribution in [-0.2, 0) is 11.2 Å². The number of benzene rings is 2. The van der Waals surface area contributed by atoms with Gasteiger partial charge in [0.1, 0.15) is 24.7 Å². The Kier molecular flexibility index (Phi) is 7.87. The van der Waals surface area contributed by atoms with E-state index in [9.17, 15) is 9.59 Å². The molecule has 2 aromatic carbocycles. The SMILES string of the molecule is C=CCN(CC(=O)N1CCc2sccc2C1COc1ccccc1C)C(=O)c1ccc(OC)cc1. The van der Waals surface area contributed by atoms with E-state index in [2.05, 4.69) is 18.0 Å². The molecule has 7 heteroatoms. The second kappa shape index (κ2) is 11.2. The quantitative estimate of drug-likeness (QED) is 0.401. The number of amides is 2. The van der Waals surface area contributed by atoms with Crippen molar-refractivity contribution in [3.05, 3.63) is 94.2 Å². The van der Waals surface area contributed by atoms with E-state index in [-0.39, 0.29) is 30.9 Å². The lowest BCUT2D eigenvalue weighted by atomic mass is 10.00. The van der Waals surface area contributed by atoms with E-state index >= 15 is 0 Å². The molecule has 1 unspecified atom stereocenters. The van der Waals surface area contributed by atoms with E-state index in [0.29, 0.717) is 24.5 Å². The Morgan fingerprint density at radius 1 is 1.17 bits per heavy atom. The number of aryl methyl sites for hydroxylation is 1. The van der Waals surface area contributed by atoms with E-state index in [0.717, 1.165) is 23.3 Å². The zero-order valence-electron chi connectivity index (χ0n) is 20.1. The lowest BCUT2D eigenvalue weighted by Crippen LogP contribution is -2.47. The average Bonchev–Trinajstić information content (AvgIpc) is 3.36. The van der Waals surface area contributed by atoms with Gasteiger partial charge in [0.05, 0.1) is 13.2 Å². The molecular formula is C28H30N2O4S. The Morgan fingerprint density at radius 2 is 1.94 bits per heavy atom. The number of fused-ring (bicyclic) bond motifs is 1. The predicted octanol–water partition coefficient (Wildman–Crippen LogP) is 4.90. The second-order valence-corrected chi connectivity index (χ2v) is 9.43. The molecule has 3 aromatic rings. The maximum atomic E-state index is 13.6. The minimum absolute atomic E-state index is 0.0305. The van der Waals surface area contributed by atoms with E-state index in [1.807, 2.05) is 36.1 Å². The third-order valence-corrected chi connectivity index (χ3v) is 7.20. The lowest BCUT2D eigenvalue weighted by Gasteiger charge is -2.37. The molecule has 1 atom stereocenters. The Hall–Kier alpha value is -3.58. The highest BCUT2D eigenvalue weighted by atomic mass is 32.1. The van der Waals surface area contributed by atoms with Crippen LogP contribution in [0.2, 0.25) is 0 Å². The van der Waals surface area contributed by atoms with Crippen LogP contribution in [0.1, 0.15) is 32.4 Å². The molecule has 6 nitrogen and oxygen atoms in total. The molecule has 0 fully saturated rings. The number of ether oxygens (including phenoxy) is 2. The van der Waals surface area contributed by atoms with Gasteiger partial charge in [0.25, 0.3) is 5.91 Å². The summed E-state index contributed by atoms with van der Waals surface area (Å²) < 4.78 is 11.4. The van der Waals surface area contributed by atoms with Gasteiger partial charge in [0.15, 0.2) is 0 Å². The fourth-order valence-corrected chi connectivity index (χ4v) is 5.24. The van der Waals surface area contributed by atoms with Gasteiger partial charge < -0.3 is 19.3 Å². The molecule has 0 bridgehead atoms. The fraction of sp³-hybridized carbons (Fsp3) is 0.286. The number of carbonyl (C=O) groups is 2. The molecule has 0 spiro atoms. The Balaban J connectivity index is 1.52. The van der Waals surface area contributed by atoms with Gasteiger partial charge in [-0.25, -0.2) is 0 Å². The standard InChI is InChI=1S/C28H30N2O4S/c1-4-15-29(28(32)21-9-11-22(33-3)12-10-21)18-27(31)30-16-13-26-23(14-17-35-26)24(30)19-34-25-8-6-5-7-20(25)2/h4-12,14,17,24H,1,13,15-16,18-19H2,2-3H3. The number of carbonyl (C=O) groups excluding carboxylic acids is 2. The summed E-state index contributed by atoms with van der Waals surface area (Å²) in [5.41, 5.74) is 2.67. The van der Waals surface area contributed by atoms with Crippen LogP contribution in [0.15, 0.2) is 72.6 Å². The Bertz CT molecular complexity index is 1190. The van der Waals surface area contributed by atoms with Gasteiger partial charge in [-0.2, -0.15) is 0 Å². The van der Waals surface area contributed by atoms with Crippen LogP contribution in [0.5, 0.6) is 11.5 Å². The van der Waals surface area contributed by atoms with Crippen molar-refractivity contribution in [2.75, 3.05) is 33.4 Å². The van der Waals surface area contributed by atoms with Crippen LogP contribution >= 0.6 is 11.3 Å². The minimum atomic E-state index is -0.221. The number of rotatable bonds is 9. The smallest absolute Gasteiger partial charge is 0.254 e. The summed E-state index contributed by atoms with van der Waals surface area (Å²) >= 11 is 1.71. The first-order valence-electron chi connectivity index (χ1n) is 11.6. The molecule has 0 N–H and O–H groups in total. The van der Waals surface area contributed by atoms with Crippen LogP contribution in [0.3, 0.4) is 0 Å². The fourth-order valence-electron chi connectivity index (χ4n) is 4.31. The summed E-state index contributed by atoms with van der Waals surface area (Å²) in [6.45, 7) is 6.97. The van der Waals surface area contributed by atoms with Crippen LogP contribution in [0, 0.1) is 6.92 Å². The van der Waals surface area contributed by atoms with Crippen molar-refractivity contribution in [2.45, 2.75) is 19.4 Å². The van der Waals surface area contributed by atoms with E-state index in [1.54, 1.807) is 48.8 Å². The average molecular weight is 491 g/mol. The second-order valence-electron chi connectivity index (χ2n) is 8.43. The molecule has 2 amide bonds. The molecule has 1 aliphatic rings. The molecule has 0 aliphatic carbocycles. The van der Waals surface area contributed by atoms with Crippen LogP contribution in [0.25, 0.3) is 0 Å². The van der Waals surface area contributed by atoms with Gasteiger partial charge >= 0.3 is 0 Å². The van der Waals surface area contributed by atoms with Crippen molar-refractivity contribution in [2.24, 2.45) is 0 Å². The highest BCUT2D eigenvalue weighted by Crippen LogP contribution is 2.34. The predicted molar refractivity (Wildman–Crippen MR) is 138 cm³/mol. The van der Waals surface area contributed by atoms with E-state index < -0.39 is 0 Å². The normalized spacial score (nSPS) is 14.7. The number of nitrogens with zero attached hydrogens (tertiary/aromatic N) is 2. The molecule has 4 rings (SSSR count). The summed E-state index contributed by atoms with van der Waals surface area (Å²) in [5.74, 6) is 1.15. The molecule has 35 heavy (non-hydrogen) atoms. The van der Waals surface area contributed by atoms with Crippen LogP contribution in [-0.4, -0.2) is 55.0 Å². The minimum Gasteiger partial charge on any atom is -0.497 e. The first-order valence-corrected chi connectivity index (χ1v) is 12.5. The van der Waals surface area contributed by atoms with Crippen molar-refractivity contribution in [1.29, 1.82) is 0 Å². The van der Waals surface area contributed by atoms with Crippen molar-refractivity contribution < 1.29 is 19.1 Å². The van der Waals surface area contributed by atoms with E-state index in [1.165, 1.54) is 9.78 Å². The van der Waals surface area contributed by atoms with Gasteiger partial charge in [-0.15, -0.1) is 17.9 Å². The third kappa shape index (κ3) is 5.57. The summed E-state index contributed by atoms with van der Waals surface area (Å²) in [4.78, 5) is 31.4. The summed E-state index contributed by atoms with van der Waals surface area (Å²) in [7, 11) is 1.58. The Labute approximate surface area is 210 Å². The topological polar surface area (TPSA) is 59.1 Å². The number of thiophene rings is 1. The van der Waals surface area contributed by atoms with Gasteiger partial charge in [-0.1, -0.05) is 24.3 Å². The molecule has 182 valence electrons. The van der Waals surface area contributed by atoms with Crippen molar-refractivity contribution in [1.82, 2.24) is 9.80 Å². The maximum Gasteiger partial charge on any atom is 0.254 e. The Morgan fingerprint density at radius 3 is 2.66 bits per heavy atom. The molecular weight excluding hydrogens is 460 g/mol. The van der Waals surface area contributed by atoms with Crippen molar-refractivity contribution in [3.63, 3.8) is 0 Å². The molecule has 0 radical (unpaired) electrons. The number of hydrogen-bond acceptors (Lipinski definition) is 5. The lowest BCUT2D eigenvalue weighted by molar-refractivity contribution is -0.135. The maximum absolute atomic E-state index is 13.6. The molecule has 2 heterocycles. The highest BCUT2D eigenvalue weighted by molar-refractivity contribution is 7.10. The number of methoxy groups -OCH3 is 1. The summed E-state index contributed by atoms with van der Waals surface area (Å²) in [6, 6.07) is 16.6.